The van der Waals surface area contributed by atoms with Crippen molar-refractivity contribution in [1.29, 1.82) is 0 Å². The van der Waals surface area contributed by atoms with Gasteiger partial charge in [-0.1, -0.05) is 25.3 Å². The molecule has 25 heavy (non-hydrogen) atoms. The molecule has 0 aliphatic heterocycles. The van der Waals surface area contributed by atoms with E-state index in [0.29, 0.717) is 0 Å². The van der Waals surface area contributed by atoms with E-state index in [-0.39, 0.29) is 16.5 Å². The molecule has 1 aromatic rings. The maximum atomic E-state index is 12.7. The number of amides is 1. The van der Waals surface area contributed by atoms with Crippen LogP contribution in [0.5, 0.6) is 0 Å². The Labute approximate surface area is 145 Å². The van der Waals surface area contributed by atoms with Gasteiger partial charge in [-0.2, -0.15) is 17.5 Å². The van der Waals surface area contributed by atoms with Gasteiger partial charge in [-0.05, 0) is 31.0 Å². The minimum absolute atomic E-state index is 0.0959. The molecule has 2 rings (SSSR count). The predicted molar refractivity (Wildman–Crippen MR) is 86.7 cm³/mol. The van der Waals surface area contributed by atoms with Gasteiger partial charge in [0.2, 0.25) is 10.0 Å². The zero-order valence-corrected chi connectivity index (χ0v) is 14.7. The maximum absolute atomic E-state index is 12.7. The zero-order chi connectivity index (χ0) is 18.7. The minimum atomic E-state index is -4.53. The van der Waals surface area contributed by atoms with Crippen molar-refractivity contribution in [3.63, 3.8) is 0 Å². The van der Waals surface area contributed by atoms with Crippen LogP contribution in [0.4, 0.5) is 13.2 Å². The predicted octanol–water partition coefficient (Wildman–Crippen LogP) is 2.93. The van der Waals surface area contributed by atoms with Crippen molar-refractivity contribution in [1.82, 2.24) is 9.62 Å². The number of nitrogens with zero attached hydrogens (tertiary/aromatic N) is 1. The molecule has 0 heterocycles. The largest absolute Gasteiger partial charge is 0.405 e. The molecule has 0 radical (unpaired) electrons. The van der Waals surface area contributed by atoms with Gasteiger partial charge in [-0.15, -0.1) is 0 Å². The third-order valence-corrected chi connectivity index (χ3v) is 6.22. The van der Waals surface area contributed by atoms with Crippen molar-refractivity contribution < 1.29 is 26.4 Å². The summed E-state index contributed by atoms with van der Waals surface area (Å²) in [6, 6.07) is 4.99. The standard InChI is InChI=1S/C16H21F3N2O3S/c1-21(13-7-3-2-4-8-13)25(23,24)14-9-5-6-12(10-14)15(22)20-11-16(17,18)19/h5-6,9-10,13H,2-4,7-8,11H2,1H3,(H,20,22). The summed E-state index contributed by atoms with van der Waals surface area (Å²) in [5.41, 5.74) is -0.123. The summed E-state index contributed by atoms with van der Waals surface area (Å²) in [6.45, 7) is -1.47. The third-order valence-electron chi connectivity index (χ3n) is 4.31. The quantitative estimate of drug-likeness (QED) is 0.857. The lowest BCUT2D eigenvalue weighted by molar-refractivity contribution is -0.123. The molecule has 0 atom stereocenters. The molecular weight excluding hydrogens is 357 g/mol. The lowest BCUT2D eigenvalue weighted by Crippen LogP contribution is -2.38. The maximum Gasteiger partial charge on any atom is 0.405 e. The summed E-state index contributed by atoms with van der Waals surface area (Å²) in [7, 11) is -2.31. The van der Waals surface area contributed by atoms with Crippen molar-refractivity contribution in [2.75, 3.05) is 13.6 Å². The second-order valence-corrected chi connectivity index (χ2v) is 8.14. The fraction of sp³-hybridized carbons (Fsp3) is 0.562. The smallest absolute Gasteiger partial charge is 0.343 e. The van der Waals surface area contributed by atoms with Gasteiger partial charge >= 0.3 is 6.18 Å². The first-order chi connectivity index (χ1) is 11.6. The topological polar surface area (TPSA) is 66.5 Å². The molecule has 1 aliphatic rings. The number of carbonyl (C=O) groups is 1. The highest BCUT2D eigenvalue weighted by atomic mass is 32.2. The van der Waals surface area contributed by atoms with Gasteiger partial charge in [-0.3, -0.25) is 4.79 Å². The first-order valence-corrected chi connectivity index (χ1v) is 9.48. The van der Waals surface area contributed by atoms with E-state index in [0.717, 1.165) is 38.2 Å². The van der Waals surface area contributed by atoms with Crippen LogP contribution in [-0.2, 0) is 10.0 Å². The highest BCUT2D eigenvalue weighted by molar-refractivity contribution is 7.89. The Morgan fingerprint density at radius 2 is 1.88 bits per heavy atom. The van der Waals surface area contributed by atoms with Gasteiger partial charge in [0.15, 0.2) is 0 Å². The Balaban J connectivity index is 2.17. The van der Waals surface area contributed by atoms with Crippen molar-refractivity contribution in [3.05, 3.63) is 29.8 Å². The molecular formula is C16H21F3N2O3S. The van der Waals surface area contributed by atoms with Crippen LogP contribution >= 0.6 is 0 Å². The molecule has 0 unspecified atom stereocenters. The molecule has 140 valence electrons. The van der Waals surface area contributed by atoms with E-state index in [9.17, 15) is 26.4 Å². The molecule has 0 saturated heterocycles. The van der Waals surface area contributed by atoms with Gasteiger partial charge in [-0.25, -0.2) is 8.42 Å². The molecule has 1 aromatic carbocycles. The van der Waals surface area contributed by atoms with Crippen LogP contribution in [0.15, 0.2) is 29.2 Å². The summed E-state index contributed by atoms with van der Waals surface area (Å²) in [5, 5.41) is 1.74. The number of alkyl halides is 3. The Morgan fingerprint density at radius 1 is 1.24 bits per heavy atom. The van der Waals surface area contributed by atoms with Crippen LogP contribution in [-0.4, -0.2) is 44.4 Å². The molecule has 0 aromatic heterocycles. The van der Waals surface area contributed by atoms with Gasteiger partial charge < -0.3 is 5.32 Å². The molecule has 0 spiro atoms. The van der Waals surface area contributed by atoms with Crippen molar-refractivity contribution >= 4 is 15.9 Å². The van der Waals surface area contributed by atoms with Crippen LogP contribution in [0.2, 0.25) is 0 Å². The molecule has 1 fully saturated rings. The summed E-state index contributed by atoms with van der Waals surface area (Å²) in [6.07, 6.45) is 0.0393. The number of hydrogen-bond donors (Lipinski definition) is 1. The highest BCUT2D eigenvalue weighted by Gasteiger charge is 2.30. The summed E-state index contributed by atoms with van der Waals surface area (Å²) in [4.78, 5) is 11.7. The van der Waals surface area contributed by atoms with E-state index in [2.05, 4.69) is 0 Å². The van der Waals surface area contributed by atoms with Crippen molar-refractivity contribution in [3.8, 4) is 0 Å². The van der Waals surface area contributed by atoms with Crippen LogP contribution in [0.25, 0.3) is 0 Å². The Bertz CT molecular complexity index is 714. The van der Waals surface area contributed by atoms with E-state index in [1.165, 1.54) is 29.6 Å². The average molecular weight is 378 g/mol. The van der Waals surface area contributed by atoms with Crippen LogP contribution < -0.4 is 5.32 Å². The molecule has 1 N–H and O–H groups in total. The van der Waals surface area contributed by atoms with Gasteiger partial charge in [0, 0.05) is 18.7 Å². The summed E-state index contributed by atoms with van der Waals surface area (Å²) in [5.74, 6) is -0.963. The second kappa shape index (κ2) is 7.74. The fourth-order valence-electron chi connectivity index (χ4n) is 2.89. The Kier molecular flexibility index (Phi) is 6.10. The number of hydrogen-bond acceptors (Lipinski definition) is 3. The van der Waals surface area contributed by atoms with Gasteiger partial charge in [0.1, 0.15) is 6.54 Å². The molecule has 1 aliphatic carbocycles. The number of rotatable bonds is 5. The number of halogens is 3. The van der Waals surface area contributed by atoms with E-state index in [1.807, 2.05) is 0 Å². The average Bonchev–Trinajstić information content (AvgIpc) is 2.59. The van der Waals surface area contributed by atoms with Gasteiger partial charge in [0.05, 0.1) is 4.90 Å². The lowest BCUT2D eigenvalue weighted by atomic mass is 9.96. The van der Waals surface area contributed by atoms with Crippen molar-refractivity contribution in [2.24, 2.45) is 0 Å². The summed E-state index contributed by atoms with van der Waals surface area (Å²) < 4.78 is 63.4. The van der Waals surface area contributed by atoms with Crippen LogP contribution in [0.1, 0.15) is 42.5 Å². The van der Waals surface area contributed by atoms with E-state index in [4.69, 9.17) is 0 Å². The van der Waals surface area contributed by atoms with E-state index < -0.39 is 28.7 Å². The second-order valence-electron chi connectivity index (χ2n) is 6.14. The number of nitrogens with one attached hydrogen (secondary N) is 1. The van der Waals surface area contributed by atoms with E-state index >= 15 is 0 Å². The number of sulfonamides is 1. The van der Waals surface area contributed by atoms with Crippen LogP contribution in [0.3, 0.4) is 0 Å². The molecule has 5 nitrogen and oxygen atoms in total. The summed E-state index contributed by atoms with van der Waals surface area (Å²) >= 11 is 0. The van der Waals surface area contributed by atoms with E-state index in [1.54, 1.807) is 5.32 Å². The van der Waals surface area contributed by atoms with Gasteiger partial charge in [0.25, 0.3) is 5.91 Å². The molecule has 0 bridgehead atoms. The molecule has 1 saturated carbocycles. The number of benzene rings is 1. The highest BCUT2D eigenvalue weighted by Crippen LogP contribution is 2.26. The number of carbonyl (C=O) groups excluding carboxylic acids is 1. The zero-order valence-electron chi connectivity index (χ0n) is 13.8. The van der Waals surface area contributed by atoms with Crippen LogP contribution in [0, 0.1) is 0 Å². The lowest BCUT2D eigenvalue weighted by Gasteiger charge is -2.30. The third kappa shape index (κ3) is 5.18. The fourth-order valence-corrected chi connectivity index (χ4v) is 4.35. The minimum Gasteiger partial charge on any atom is -0.343 e. The van der Waals surface area contributed by atoms with Crippen molar-refractivity contribution in [2.45, 2.75) is 49.2 Å². The first kappa shape index (κ1) is 19.7. The Hall–Kier alpha value is -1.61. The Morgan fingerprint density at radius 3 is 2.48 bits per heavy atom. The monoisotopic (exact) mass is 378 g/mol. The first-order valence-electron chi connectivity index (χ1n) is 8.04. The molecule has 1 amide bonds. The normalized spacial score (nSPS) is 16.8. The SMILES string of the molecule is CN(C1CCCCC1)S(=O)(=O)c1cccc(C(=O)NCC(F)(F)F)c1. The molecule has 9 heteroatoms.